The summed E-state index contributed by atoms with van der Waals surface area (Å²) in [6.45, 7) is 4.08. The molecule has 0 amide bonds. The lowest BCUT2D eigenvalue weighted by Gasteiger charge is -2.09. The summed E-state index contributed by atoms with van der Waals surface area (Å²) in [4.78, 5) is 9.55. The van der Waals surface area contributed by atoms with Crippen molar-refractivity contribution in [2.45, 2.75) is 13.8 Å². The molecule has 0 radical (unpaired) electrons. The molecule has 0 bridgehead atoms. The van der Waals surface area contributed by atoms with Crippen molar-refractivity contribution < 1.29 is 0 Å². The van der Waals surface area contributed by atoms with Gasteiger partial charge < -0.3 is 0 Å². The lowest BCUT2D eigenvalue weighted by atomic mass is 10.1. The summed E-state index contributed by atoms with van der Waals surface area (Å²) >= 11 is 0. The van der Waals surface area contributed by atoms with Gasteiger partial charge in [0.2, 0.25) is 0 Å². The number of benzene rings is 2. The van der Waals surface area contributed by atoms with E-state index in [1.54, 1.807) is 0 Å². The van der Waals surface area contributed by atoms with E-state index in [-0.39, 0.29) is 0 Å². The summed E-state index contributed by atoms with van der Waals surface area (Å²) in [7, 11) is 0. The van der Waals surface area contributed by atoms with Crippen molar-refractivity contribution in [2.24, 2.45) is 0 Å². The predicted octanol–water partition coefficient (Wildman–Crippen LogP) is 5.79. The van der Waals surface area contributed by atoms with Crippen LogP contribution in [0, 0.1) is 0 Å². The van der Waals surface area contributed by atoms with Gasteiger partial charge in [-0.05, 0) is 25.5 Å². The molecule has 1 heterocycles. The Labute approximate surface area is 143 Å². The smallest absolute Gasteiger partial charge is 0.160 e. The quantitative estimate of drug-likeness (QED) is 0.570. The van der Waals surface area contributed by atoms with Gasteiger partial charge in [-0.15, -0.1) is 0 Å². The molecule has 0 aliphatic rings. The first kappa shape index (κ1) is 15.9. The first-order valence-electron chi connectivity index (χ1n) is 8.08. The van der Waals surface area contributed by atoms with Crippen LogP contribution in [0.15, 0.2) is 85.0 Å². The van der Waals surface area contributed by atoms with Gasteiger partial charge >= 0.3 is 0 Å². The van der Waals surface area contributed by atoms with E-state index in [0.29, 0.717) is 0 Å². The third-order valence-corrected chi connectivity index (χ3v) is 3.77. The van der Waals surface area contributed by atoms with Gasteiger partial charge in [-0.2, -0.15) is 0 Å². The Kier molecular flexibility index (Phi) is 4.97. The molecule has 0 saturated heterocycles. The maximum atomic E-state index is 4.78. The third-order valence-electron chi connectivity index (χ3n) is 3.77. The molecule has 0 saturated carbocycles. The van der Waals surface area contributed by atoms with Crippen molar-refractivity contribution in [3.8, 4) is 22.6 Å². The molecular weight excluding hydrogens is 292 g/mol. The van der Waals surface area contributed by atoms with Gasteiger partial charge in [-0.25, -0.2) is 9.97 Å². The number of nitrogens with zero attached hydrogens (tertiary/aromatic N) is 2. The lowest BCUT2D eigenvalue weighted by molar-refractivity contribution is 1.15. The van der Waals surface area contributed by atoms with E-state index in [9.17, 15) is 0 Å². The van der Waals surface area contributed by atoms with Crippen LogP contribution in [0.5, 0.6) is 0 Å². The highest BCUT2D eigenvalue weighted by Crippen LogP contribution is 2.25. The Balaban J connectivity index is 2.16. The molecule has 2 aromatic carbocycles. The fraction of sp³-hybridized carbons (Fsp3) is 0.0909. The van der Waals surface area contributed by atoms with Gasteiger partial charge in [0, 0.05) is 11.1 Å². The van der Waals surface area contributed by atoms with Crippen LogP contribution in [-0.4, -0.2) is 9.97 Å². The monoisotopic (exact) mass is 312 g/mol. The van der Waals surface area contributed by atoms with Gasteiger partial charge in [0.25, 0.3) is 0 Å². The molecule has 3 rings (SSSR count). The third kappa shape index (κ3) is 3.66. The van der Waals surface area contributed by atoms with E-state index < -0.39 is 0 Å². The van der Waals surface area contributed by atoms with E-state index in [0.717, 1.165) is 33.9 Å². The van der Waals surface area contributed by atoms with Gasteiger partial charge in [0.15, 0.2) is 5.82 Å². The topological polar surface area (TPSA) is 25.8 Å². The average molecular weight is 312 g/mol. The van der Waals surface area contributed by atoms with Crippen molar-refractivity contribution in [1.29, 1.82) is 0 Å². The van der Waals surface area contributed by atoms with Crippen LogP contribution in [-0.2, 0) is 0 Å². The average Bonchev–Trinajstić information content (AvgIpc) is 2.67. The number of hydrogen-bond acceptors (Lipinski definition) is 2. The van der Waals surface area contributed by atoms with Crippen LogP contribution in [0.3, 0.4) is 0 Å². The maximum absolute atomic E-state index is 4.78. The van der Waals surface area contributed by atoms with Crippen LogP contribution in [0.2, 0.25) is 0 Å². The molecule has 0 atom stereocenters. The van der Waals surface area contributed by atoms with Gasteiger partial charge in [-0.1, -0.05) is 78.9 Å². The number of hydrogen-bond donors (Lipinski definition) is 0. The zero-order valence-corrected chi connectivity index (χ0v) is 14.0. The van der Waals surface area contributed by atoms with E-state index >= 15 is 0 Å². The molecule has 24 heavy (non-hydrogen) atoms. The van der Waals surface area contributed by atoms with E-state index in [1.165, 1.54) is 0 Å². The summed E-state index contributed by atoms with van der Waals surface area (Å²) < 4.78 is 0. The Morgan fingerprint density at radius 3 is 2.08 bits per heavy atom. The summed E-state index contributed by atoms with van der Waals surface area (Å²) in [6.07, 6.45) is 6.12. The molecule has 1 aromatic heterocycles. The molecule has 0 aliphatic carbocycles. The first-order valence-corrected chi connectivity index (χ1v) is 8.08. The first-order chi connectivity index (χ1) is 11.8. The minimum atomic E-state index is 0.750. The molecule has 118 valence electrons. The molecule has 0 aliphatic heterocycles. The molecule has 0 N–H and O–H groups in total. The Morgan fingerprint density at radius 1 is 0.833 bits per heavy atom. The SMILES string of the molecule is C/C=C\C=C(/C)c1cc(-c2ccccc2)nc(-c2ccccc2)n1. The van der Waals surface area contributed by atoms with Crippen LogP contribution in [0.4, 0.5) is 0 Å². The summed E-state index contributed by atoms with van der Waals surface area (Å²) in [5.74, 6) is 0.750. The summed E-state index contributed by atoms with van der Waals surface area (Å²) in [6, 6.07) is 22.4. The highest BCUT2D eigenvalue weighted by Gasteiger charge is 2.09. The minimum Gasteiger partial charge on any atom is -0.228 e. The second kappa shape index (κ2) is 7.51. The largest absolute Gasteiger partial charge is 0.228 e. The Morgan fingerprint density at radius 2 is 1.46 bits per heavy atom. The lowest BCUT2D eigenvalue weighted by Crippen LogP contribution is -1.97. The van der Waals surface area contributed by atoms with Crippen LogP contribution in [0.25, 0.3) is 28.2 Å². The second-order valence-corrected chi connectivity index (χ2v) is 5.57. The minimum absolute atomic E-state index is 0.750. The fourth-order valence-corrected chi connectivity index (χ4v) is 2.45. The van der Waals surface area contributed by atoms with E-state index in [4.69, 9.17) is 9.97 Å². The van der Waals surface area contributed by atoms with Crippen LogP contribution in [0.1, 0.15) is 19.5 Å². The summed E-state index contributed by atoms with van der Waals surface area (Å²) in [5.41, 5.74) is 5.12. The van der Waals surface area contributed by atoms with Crippen LogP contribution < -0.4 is 0 Å². The van der Waals surface area contributed by atoms with Crippen molar-refractivity contribution in [3.63, 3.8) is 0 Å². The highest BCUT2D eigenvalue weighted by molar-refractivity contribution is 5.71. The maximum Gasteiger partial charge on any atom is 0.160 e. The second-order valence-electron chi connectivity index (χ2n) is 5.57. The molecule has 0 unspecified atom stereocenters. The zero-order chi connectivity index (χ0) is 16.8. The number of allylic oxidation sites excluding steroid dienone is 4. The fourth-order valence-electron chi connectivity index (χ4n) is 2.45. The van der Waals surface area contributed by atoms with Crippen LogP contribution >= 0.6 is 0 Å². The highest BCUT2D eigenvalue weighted by atomic mass is 14.9. The van der Waals surface area contributed by atoms with E-state index in [1.807, 2.05) is 67.6 Å². The van der Waals surface area contributed by atoms with Crippen molar-refractivity contribution in [2.75, 3.05) is 0 Å². The van der Waals surface area contributed by atoms with Gasteiger partial charge in [0.05, 0.1) is 11.4 Å². The van der Waals surface area contributed by atoms with Gasteiger partial charge in [0.1, 0.15) is 0 Å². The van der Waals surface area contributed by atoms with Crippen molar-refractivity contribution in [3.05, 3.63) is 90.7 Å². The van der Waals surface area contributed by atoms with Crippen molar-refractivity contribution >= 4 is 5.57 Å². The molecule has 2 heteroatoms. The number of aromatic nitrogens is 2. The van der Waals surface area contributed by atoms with Crippen molar-refractivity contribution in [1.82, 2.24) is 9.97 Å². The molecule has 0 spiro atoms. The van der Waals surface area contributed by atoms with Gasteiger partial charge in [-0.3, -0.25) is 0 Å². The van der Waals surface area contributed by atoms with E-state index in [2.05, 4.69) is 31.2 Å². The molecule has 0 fully saturated rings. The standard InChI is InChI=1S/C22H20N2/c1-3-4-11-17(2)20-16-21(18-12-7-5-8-13-18)24-22(23-20)19-14-9-6-10-15-19/h3-16H,1-2H3/b4-3-,17-11+. The Bertz CT molecular complexity index is 805. The Hall–Kier alpha value is -3.00. The number of rotatable bonds is 4. The molecule has 3 aromatic rings. The molecule has 2 nitrogen and oxygen atoms in total. The zero-order valence-electron chi connectivity index (χ0n) is 14.0. The summed E-state index contributed by atoms with van der Waals surface area (Å²) in [5, 5.41) is 0. The predicted molar refractivity (Wildman–Crippen MR) is 101 cm³/mol. The normalized spacial score (nSPS) is 11.8. The molecular formula is C22H20N2.